The van der Waals surface area contributed by atoms with Gasteiger partial charge in [0, 0.05) is 5.02 Å². The molecule has 0 amide bonds. The maximum atomic E-state index is 12.7. The second-order valence-corrected chi connectivity index (χ2v) is 7.11. The molecular formula is C19H14ClN3O3S. The lowest BCUT2D eigenvalue weighted by atomic mass is 10.2. The van der Waals surface area contributed by atoms with Crippen LogP contribution in [0.5, 0.6) is 11.5 Å². The number of thiazole rings is 1. The van der Waals surface area contributed by atoms with E-state index in [4.69, 9.17) is 21.1 Å². The van der Waals surface area contributed by atoms with Gasteiger partial charge in [-0.2, -0.15) is 9.50 Å². The molecule has 2 heterocycles. The summed E-state index contributed by atoms with van der Waals surface area (Å²) in [6.45, 7) is 0. The number of benzene rings is 2. The van der Waals surface area contributed by atoms with E-state index in [1.54, 1.807) is 38.5 Å². The molecule has 0 unspecified atom stereocenters. The highest BCUT2D eigenvalue weighted by Crippen LogP contribution is 2.30. The third kappa shape index (κ3) is 3.27. The fraction of sp³-hybridized carbons (Fsp3) is 0.105. The number of ether oxygens (including phenoxy) is 2. The minimum absolute atomic E-state index is 0.224. The molecule has 2 aromatic heterocycles. The van der Waals surface area contributed by atoms with E-state index < -0.39 is 0 Å². The largest absolute Gasteiger partial charge is 0.497 e. The van der Waals surface area contributed by atoms with Gasteiger partial charge in [0.05, 0.1) is 24.3 Å². The molecule has 6 nitrogen and oxygen atoms in total. The van der Waals surface area contributed by atoms with Crippen molar-refractivity contribution >= 4 is 34.0 Å². The highest BCUT2D eigenvalue weighted by molar-refractivity contribution is 7.15. The topological polar surface area (TPSA) is 65.7 Å². The van der Waals surface area contributed by atoms with Gasteiger partial charge in [-0.3, -0.25) is 4.79 Å². The third-order valence-electron chi connectivity index (χ3n) is 3.98. The minimum Gasteiger partial charge on any atom is -0.497 e. The van der Waals surface area contributed by atoms with Gasteiger partial charge < -0.3 is 9.47 Å². The van der Waals surface area contributed by atoms with Gasteiger partial charge in [0.1, 0.15) is 11.5 Å². The molecule has 8 heteroatoms. The van der Waals surface area contributed by atoms with Gasteiger partial charge in [-0.05, 0) is 42.0 Å². The van der Waals surface area contributed by atoms with E-state index in [2.05, 4.69) is 10.1 Å². The number of hydrogen-bond acceptors (Lipinski definition) is 6. The average molecular weight is 400 g/mol. The molecular weight excluding hydrogens is 386 g/mol. The SMILES string of the molecule is COc1cccc(/C=c2\sc3nc(-c4cc(Cl)ccc4OC)nn3c2=O)c1. The van der Waals surface area contributed by atoms with Crippen LogP contribution in [0.2, 0.25) is 5.02 Å². The van der Waals surface area contributed by atoms with E-state index in [1.165, 1.54) is 15.9 Å². The number of fused-ring (bicyclic) bond motifs is 1. The summed E-state index contributed by atoms with van der Waals surface area (Å²) in [4.78, 5) is 17.7. The van der Waals surface area contributed by atoms with Crippen molar-refractivity contribution in [2.24, 2.45) is 0 Å². The Bertz CT molecular complexity index is 1250. The summed E-state index contributed by atoms with van der Waals surface area (Å²) >= 11 is 7.35. The first-order valence-electron chi connectivity index (χ1n) is 7.98. The summed E-state index contributed by atoms with van der Waals surface area (Å²) in [6, 6.07) is 12.7. The van der Waals surface area contributed by atoms with Crippen molar-refractivity contribution in [2.45, 2.75) is 0 Å². The predicted octanol–water partition coefficient (Wildman–Crippen LogP) is 3.04. The Labute approximate surface area is 163 Å². The van der Waals surface area contributed by atoms with Crippen molar-refractivity contribution in [2.75, 3.05) is 14.2 Å². The second kappa shape index (κ2) is 7.02. The number of methoxy groups -OCH3 is 2. The number of aromatic nitrogens is 3. The molecule has 0 aliphatic rings. The van der Waals surface area contributed by atoms with Crippen molar-refractivity contribution < 1.29 is 9.47 Å². The van der Waals surface area contributed by atoms with Gasteiger partial charge in [-0.25, -0.2) is 0 Å². The average Bonchev–Trinajstić information content (AvgIpc) is 3.22. The lowest BCUT2D eigenvalue weighted by Crippen LogP contribution is -2.23. The predicted molar refractivity (Wildman–Crippen MR) is 106 cm³/mol. The molecule has 0 N–H and O–H groups in total. The van der Waals surface area contributed by atoms with E-state index >= 15 is 0 Å². The number of rotatable bonds is 4. The van der Waals surface area contributed by atoms with Crippen molar-refractivity contribution in [3.63, 3.8) is 0 Å². The van der Waals surface area contributed by atoms with Crippen LogP contribution < -0.4 is 19.6 Å². The van der Waals surface area contributed by atoms with Crippen molar-refractivity contribution in [3.05, 3.63) is 67.9 Å². The van der Waals surface area contributed by atoms with Crippen LogP contribution in [0.4, 0.5) is 0 Å². The van der Waals surface area contributed by atoms with Gasteiger partial charge >= 0.3 is 0 Å². The highest BCUT2D eigenvalue weighted by atomic mass is 35.5. The van der Waals surface area contributed by atoms with Crippen LogP contribution in [0.15, 0.2) is 47.3 Å². The maximum Gasteiger partial charge on any atom is 0.291 e. The molecule has 0 atom stereocenters. The molecule has 0 saturated heterocycles. The van der Waals surface area contributed by atoms with Gasteiger partial charge in [0.25, 0.3) is 5.56 Å². The van der Waals surface area contributed by atoms with E-state index in [1.807, 2.05) is 24.3 Å². The molecule has 4 aromatic rings. The summed E-state index contributed by atoms with van der Waals surface area (Å²) in [5, 5.41) is 4.89. The zero-order chi connectivity index (χ0) is 19.0. The monoisotopic (exact) mass is 399 g/mol. The Kier molecular flexibility index (Phi) is 4.55. The molecule has 136 valence electrons. The van der Waals surface area contributed by atoms with Crippen LogP contribution in [0.3, 0.4) is 0 Å². The molecule has 0 aliphatic carbocycles. The summed E-state index contributed by atoms with van der Waals surface area (Å²) in [6.07, 6.45) is 1.80. The van der Waals surface area contributed by atoms with Crippen LogP contribution in [0.1, 0.15) is 5.56 Å². The van der Waals surface area contributed by atoms with Gasteiger partial charge in [-0.15, -0.1) is 5.10 Å². The molecule has 0 radical (unpaired) electrons. The molecule has 0 aliphatic heterocycles. The second-order valence-electron chi connectivity index (χ2n) is 5.67. The normalized spacial score (nSPS) is 11.9. The first-order chi connectivity index (χ1) is 13.1. The molecule has 27 heavy (non-hydrogen) atoms. The molecule has 0 bridgehead atoms. The fourth-order valence-corrected chi connectivity index (χ4v) is 3.77. The third-order valence-corrected chi connectivity index (χ3v) is 5.17. The number of hydrogen-bond donors (Lipinski definition) is 0. The van der Waals surface area contributed by atoms with E-state index in [-0.39, 0.29) is 5.56 Å². The Morgan fingerprint density at radius 3 is 2.74 bits per heavy atom. The van der Waals surface area contributed by atoms with Crippen LogP contribution >= 0.6 is 22.9 Å². The van der Waals surface area contributed by atoms with Crippen LogP contribution in [-0.2, 0) is 0 Å². The van der Waals surface area contributed by atoms with Crippen molar-refractivity contribution in [1.82, 2.24) is 14.6 Å². The minimum atomic E-state index is -0.224. The van der Waals surface area contributed by atoms with Crippen LogP contribution in [0, 0.1) is 0 Å². The van der Waals surface area contributed by atoms with E-state index in [9.17, 15) is 4.79 Å². The summed E-state index contributed by atoms with van der Waals surface area (Å²) < 4.78 is 12.4. The van der Waals surface area contributed by atoms with Gasteiger partial charge in [-0.1, -0.05) is 35.1 Å². The maximum absolute atomic E-state index is 12.7. The summed E-state index contributed by atoms with van der Waals surface area (Å²) in [7, 11) is 3.16. The zero-order valence-corrected chi connectivity index (χ0v) is 16.0. The first-order valence-corrected chi connectivity index (χ1v) is 9.18. The lowest BCUT2D eigenvalue weighted by Gasteiger charge is -2.05. The Hall–Kier alpha value is -2.90. The van der Waals surface area contributed by atoms with Gasteiger partial charge in [0.2, 0.25) is 4.96 Å². The van der Waals surface area contributed by atoms with Gasteiger partial charge in [0.15, 0.2) is 5.82 Å². The van der Waals surface area contributed by atoms with Crippen molar-refractivity contribution in [1.29, 1.82) is 0 Å². The molecule has 0 spiro atoms. The molecule has 0 saturated carbocycles. The van der Waals surface area contributed by atoms with Crippen LogP contribution in [-0.4, -0.2) is 28.8 Å². The quantitative estimate of drug-likeness (QED) is 0.527. The van der Waals surface area contributed by atoms with E-state index in [0.717, 1.165) is 11.3 Å². The smallest absolute Gasteiger partial charge is 0.291 e. The Morgan fingerprint density at radius 2 is 2.00 bits per heavy atom. The number of halogens is 1. The standard InChI is InChI=1S/C19H14ClN3O3S/c1-25-13-5-3-4-11(8-13)9-16-18(24)23-19(27-16)21-17(22-23)14-10-12(20)6-7-15(14)26-2/h3-10H,1-2H3/b16-9-. The Morgan fingerprint density at radius 1 is 1.15 bits per heavy atom. The summed E-state index contributed by atoms with van der Waals surface area (Å²) in [5.74, 6) is 1.71. The zero-order valence-electron chi connectivity index (χ0n) is 14.5. The lowest BCUT2D eigenvalue weighted by molar-refractivity contribution is 0.414. The fourth-order valence-electron chi connectivity index (χ4n) is 2.69. The van der Waals surface area contributed by atoms with Crippen LogP contribution in [0.25, 0.3) is 22.4 Å². The van der Waals surface area contributed by atoms with E-state index in [0.29, 0.717) is 31.7 Å². The first kappa shape index (κ1) is 17.5. The van der Waals surface area contributed by atoms with Crippen molar-refractivity contribution in [3.8, 4) is 22.9 Å². The molecule has 2 aromatic carbocycles. The Balaban J connectivity index is 1.82. The number of nitrogens with zero attached hydrogens (tertiary/aromatic N) is 3. The molecule has 4 rings (SSSR count). The summed E-state index contributed by atoms with van der Waals surface area (Å²) in [5.41, 5.74) is 1.28. The molecule has 0 fully saturated rings. The highest BCUT2D eigenvalue weighted by Gasteiger charge is 2.15.